The summed E-state index contributed by atoms with van der Waals surface area (Å²) in [5, 5.41) is 14.8. The van der Waals surface area contributed by atoms with E-state index in [0.717, 1.165) is 6.42 Å². The number of phenolic OH excluding ortho intramolecular Hbond substituents is 1. The van der Waals surface area contributed by atoms with Crippen molar-refractivity contribution in [2.45, 2.75) is 32.7 Å². The monoisotopic (exact) mass is 307 g/mol. The van der Waals surface area contributed by atoms with E-state index in [9.17, 15) is 14.7 Å². The van der Waals surface area contributed by atoms with Gasteiger partial charge in [-0.3, -0.25) is 9.59 Å². The van der Waals surface area contributed by atoms with E-state index >= 15 is 0 Å². The predicted octanol–water partition coefficient (Wildman–Crippen LogP) is 1.00. The second kappa shape index (κ2) is 9.04. The molecule has 0 bridgehead atoms. The highest BCUT2D eigenvalue weighted by atomic mass is 16.3. The standard InChI is InChI=1S/C16H25N3O3/c1-3-11(2)14(17)16(22)19-9-5-8-18-15(21)12-6-4-7-13(20)10-12/h4,6-7,10-11,14,20H,3,5,8-9,17H2,1-2H3,(H,18,21)(H,19,22). The largest absolute Gasteiger partial charge is 0.508 e. The van der Waals surface area contributed by atoms with E-state index in [1.807, 2.05) is 13.8 Å². The second-order valence-corrected chi connectivity index (χ2v) is 5.36. The van der Waals surface area contributed by atoms with Crippen LogP contribution in [0.3, 0.4) is 0 Å². The fraction of sp³-hybridized carbons (Fsp3) is 0.500. The number of carbonyl (C=O) groups is 2. The molecule has 122 valence electrons. The number of nitrogens with two attached hydrogens (primary N) is 1. The summed E-state index contributed by atoms with van der Waals surface area (Å²) in [6.45, 7) is 4.84. The number of hydrogen-bond donors (Lipinski definition) is 4. The molecule has 0 aliphatic heterocycles. The first-order valence-corrected chi connectivity index (χ1v) is 7.56. The zero-order valence-corrected chi connectivity index (χ0v) is 13.1. The number of phenols is 1. The molecule has 6 nitrogen and oxygen atoms in total. The number of amides is 2. The van der Waals surface area contributed by atoms with Crippen LogP contribution in [0.25, 0.3) is 0 Å². The van der Waals surface area contributed by atoms with Gasteiger partial charge in [0.1, 0.15) is 5.75 Å². The number of aromatic hydroxyl groups is 1. The van der Waals surface area contributed by atoms with Crippen molar-refractivity contribution in [2.75, 3.05) is 13.1 Å². The van der Waals surface area contributed by atoms with Gasteiger partial charge < -0.3 is 21.5 Å². The lowest BCUT2D eigenvalue weighted by Crippen LogP contribution is -2.45. The molecule has 1 rings (SSSR count). The smallest absolute Gasteiger partial charge is 0.251 e. The maximum atomic E-state index is 11.8. The zero-order valence-electron chi connectivity index (χ0n) is 13.1. The van der Waals surface area contributed by atoms with Crippen LogP contribution in [0.4, 0.5) is 0 Å². The summed E-state index contributed by atoms with van der Waals surface area (Å²) in [5.74, 6) is -0.211. The Morgan fingerprint density at radius 3 is 2.59 bits per heavy atom. The third kappa shape index (κ3) is 5.73. The van der Waals surface area contributed by atoms with Crippen molar-refractivity contribution in [1.29, 1.82) is 0 Å². The summed E-state index contributed by atoms with van der Waals surface area (Å²) in [6, 6.07) is 5.66. The van der Waals surface area contributed by atoms with Crippen LogP contribution in [0.15, 0.2) is 24.3 Å². The lowest BCUT2D eigenvalue weighted by molar-refractivity contribution is -0.123. The number of hydrogen-bond acceptors (Lipinski definition) is 4. The molecule has 6 heteroatoms. The summed E-state index contributed by atoms with van der Waals surface area (Å²) in [5.41, 5.74) is 6.22. The number of nitrogens with one attached hydrogen (secondary N) is 2. The van der Waals surface area contributed by atoms with Crippen molar-refractivity contribution in [3.05, 3.63) is 29.8 Å². The quantitative estimate of drug-likeness (QED) is 0.538. The molecule has 1 aromatic rings. The molecule has 0 aliphatic carbocycles. The highest BCUT2D eigenvalue weighted by molar-refractivity contribution is 5.94. The minimum atomic E-state index is -0.494. The summed E-state index contributed by atoms with van der Waals surface area (Å²) in [4.78, 5) is 23.5. The Bertz CT molecular complexity index is 505. The average Bonchev–Trinajstić information content (AvgIpc) is 2.52. The fourth-order valence-corrected chi connectivity index (χ4v) is 1.88. The molecule has 2 unspecified atom stereocenters. The van der Waals surface area contributed by atoms with Crippen LogP contribution in [0.1, 0.15) is 37.0 Å². The van der Waals surface area contributed by atoms with Gasteiger partial charge in [-0.1, -0.05) is 26.3 Å². The van der Waals surface area contributed by atoms with Crippen LogP contribution in [0.2, 0.25) is 0 Å². The topological polar surface area (TPSA) is 104 Å². The van der Waals surface area contributed by atoms with Crippen molar-refractivity contribution in [3.8, 4) is 5.75 Å². The van der Waals surface area contributed by atoms with Crippen molar-refractivity contribution in [1.82, 2.24) is 10.6 Å². The third-order valence-corrected chi connectivity index (χ3v) is 3.61. The summed E-state index contributed by atoms with van der Waals surface area (Å²) in [7, 11) is 0. The van der Waals surface area contributed by atoms with E-state index in [4.69, 9.17) is 5.73 Å². The second-order valence-electron chi connectivity index (χ2n) is 5.36. The minimum Gasteiger partial charge on any atom is -0.508 e. The molecule has 0 radical (unpaired) electrons. The van der Waals surface area contributed by atoms with Gasteiger partial charge in [0, 0.05) is 18.7 Å². The first kappa shape index (κ1) is 18.0. The summed E-state index contributed by atoms with van der Waals surface area (Å²) in [6.07, 6.45) is 1.47. The van der Waals surface area contributed by atoms with Crippen LogP contribution < -0.4 is 16.4 Å². The molecule has 0 saturated carbocycles. The first-order valence-electron chi connectivity index (χ1n) is 7.56. The molecule has 0 spiro atoms. The third-order valence-electron chi connectivity index (χ3n) is 3.61. The van der Waals surface area contributed by atoms with Crippen LogP contribution in [0.5, 0.6) is 5.75 Å². The molecule has 0 aliphatic rings. The van der Waals surface area contributed by atoms with Crippen molar-refractivity contribution >= 4 is 11.8 Å². The van der Waals surface area contributed by atoms with E-state index in [1.165, 1.54) is 12.1 Å². The lowest BCUT2D eigenvalue weighted by Gasteiger charge is -2.17. The Labute approximate surface area is 131 Å². The maximum absolute atomic E-state index is 11.8. The van der Waals surface area contributed by atoms with Crippen LogP contribution in [-0.4, -0.2) is 36.1 Å². The van der Waals surface area contributed by atoms with Gasteiger partial charge in [0.25, 0.3) is 5.91 Å². The number of benzene rings is 1. The molecular formula is C16H25N3O3. The Morgan fingerprint density at radius 2 is 1.95 bits per heavy atom. The van der Waals surface area contributed by atoms with Crippen LogP contribution in [0, 0.1) is 5.92 Å². The van der Waals surface area contributed by atoms with Crippen molar-refractivity contribution < 1.29 is 14.7 Å². The average molecular weight is 307 g/mol. The molecule has 1 aromatic carbocycles. The van der Waals surface area contributed by atoms with Gasteiger partial charge in [-0.15, -0.1) is 0 Å². The van der Waals surface area contributed by atoms with Gasteiger partial charge in [0.2, 0.25) is 5.91 Å². The maximum Gasteiger partial charge on any atom is 0.251 e. The van der Waals surface area contributed by atoms with E-state index in [-0.39, 0.29) is 23.5 Å². The van der Waals surface area contributed by atoms with Crippen LogP contribution in [-0.2, 0) is 4.79 Å². The Balaban J connectivity index is 2.23. The Kier molecular flexibility index (Phi) is 7.39. The van der Waals surface area contributed by atoms with E-state index in [1.54, 1.807) is 12.1 Å². The highest BCUT2D eigenvalue weighted by Crippen LogP contribution is 2.10. The molecule has 0 saturated heterocycles. The molecule has 0 heterocycles. The van der Waals surface area contributed by atoms with E-state index < -0.39 is 6.04 Å². The van der Waals surface area contributed by atoms with Gasteiger partial charge in [-0.2, -0.15) is 0 Å². The van der Waals surface area contributed by atoms with Crippen LogP contribution >= 0.6 is 0 Å². The van der Waals surface area contributed by atoms with Crippen molar-refractivity contribution in [3.63, 3.8) is 0 Å². The van der Waals surface area contributed by atoms with E-state index in [2.05, 4.69) is 10.6 Å². The Hall–Kier alpha value is -2.08. The van der Waals surface area contributed by atoms with Gasteiger partial charge >= 0.3 is 0 Å². The molecule has 0 fully saturated rings. The molecule has 2 amide bonds. The molecule has 5 N–H and O–H groups in total. The fourth-order valence-electron chi connectivity index (χ4n) is 1.88. The number of rotatable bonds is 8. The van der Waals surface area contributed by atoms with Gasteiger partial charge in [-0.05, 0) is 30.5 Å². The normalized spacial score (nSPS) is 13.2. The lowest BCUT2D eigenvalue weighted by atomic mass is 9.99. The number of carbonyl (C=O) groups excluding carboxylic acids is 2. The summed E-state index contributed by atoms with van der Waals surface area (Å²) >= 11 is 0. The molecular weight excluding hydrogens is 282 g/mol. The summed E-state index contributed by atoms with van der Waals surface area (Å²) < 4.78 is 0. The Morgan fingerprint density at radius 1 is 1.27 bits per heavy atom. The molecule has 2 atom stereocenters. The zero-order chi connectivity index (χ0) is 16.5. The first-order chi connectivity index (χ1) is 10.5. The predicted molar refractivity (Wildman–Crippen MR) is 85.5 cm³/mol. The SMILES string of the molecule is CCC(C)C(N)C(=O)NCCCNC(=O)c1cccc(O)c1. The minimum absolute atomic E-state index is 0.0546. The molecule has 0 aromatic heterocycles. The van der Waals surface area contributed by atoms with Crippen molar-refractivity contribution in [2.24, 2.45) is 11.7 Å². The van der Waals surface area contributed by atoms with Gasteiger partial charge in [-0.25, -0.2) is 0 Å². The highest BCUT2D eigenvalue weighted by Gasteiger charge is 2.18. The van der Waals surface area contributed by atoms with E-state index in [0.29, 0.717) is 25.1 Å². The molecule has 22 heavy (non-hydrogen) atoms. The van der Waals surface area contributed by atoms with Gasteiger partial charge in [0.15, 0.2) is 0 Å². The van der Waals surface area contributed by atoms with Gasteiger partial charge in [0.05, 0.1) is 6.04 Å².